The van der Waals surface area contributed by atoms with Crippen LogP contribution in [0.3, 0.4) is 0 Å². The zero-order chi connectivity index (χ0) is 21.6. The average molecular weight is 442 g/mol. The molecule has 2 saturated heterocycles. The Balaban J connectivity index is 1.51. The third-order valence-corrected chi connectivity index (χ3v) is 8.16. The van der Waals surface area contributed by atoms with Gasteiger partial charge in [0.2, 0.25) is 10.0 Å². The van der Waals surface area contributed by atoms with E-state index in [1.807, 2.05) is 36.4 Å². The number of rotatable bonds is 5. The molecule has 0 unspecified atom stereocenters. The summed E-state index contributed by atoms with van der Waals surface area (Å²) in [5, 5.41) is -0.801. The fraction of sp³-hybridized carbons (Fsp3) is 0.348. The van der Waals surface area contributed by atoms with Crippen molar-refractivity contribution in [3.8, 4) is 5.75 Å². The first kappa shape index (κ1) is 20.2. The second-order valence-electron chi connectivity index (χ2n) is 8.11. The molecule has 0 aromatic heterocycles. The van der Waals surface area contributed by atoms with E-state index in [4.69, 9.17) is 14.2 Å². The molecule has 3 aliphatic heterocycles. The number of carbonyl (C=O) groups is 1. The largest absolute Gasteiger partial charge is 0.497 e. The molecule has 0 radical (unpaired) electrons. The Morgan fingerprint density at radius 3 is 2.74 bits per heavy atom. The lowest BCUT2D eigenvalue weighted by Crippen LogP contribution is -2.68. The topological polar surface area (TPSA) is 90.9 Å². The average Bonchev–Trinajstić information content (AvgIpc) is 3.37. The second kappa shape index (κ2) is 7.47. The monoisotopic (exact) mass is 441 g/mol. The molecule has 0 amide bonds. The molecule has 2 bridgehead atoms. The number of esters is 1. The minimum atomic E-state index is -3.65. The molecular formula is C23H23NO6S. The van der Waals surface area contributed by atoms with Crippen LogP contribution in [0.4, 0.5) is 0 Å². The molecule has 0 saturated carbocycles. The molecule has 2 aromatic rings. The van der Waals surface area contributed by atoms with Crippen molar-refractivity contribution in [1.29, 1.82) is 0 Å². The van der Waals surface area contributed by atoms with Crippen molar-refractivity contribution in [2.24, 2.45) is 0 Å². The quantitative estimate of drug-likeness (QED) is 0.565. The van der Waals surface area contributed by atoms with E-state index in [2.05, 4.69) is 4.72 Å². The molecule has 1 N–H and O–H groups in total. The van der Waals surface area contributed by atoms with Gasteiger partial charge in [-0.1, -0.05) is 42.5 Å². The van der Waals surface area contributed by atoms with Gasteiger partial charge in [-0.05, 0) is 42.7 Å². The number of carbonyl (C=O) groups excluding carboxylic acids is 1. The summed E-state index contributed by atoms with van der Waals surface area (Å²) >= 11 is 0. The standard InChI is InChI=1S/C23H23NO6S/c1-28-17-9-5-8-16(13-17)22(25)29-21-19(12-15-6-3-2-4-7-15)24-31(26,27)20-14-18-10-11-23(20,21)30-18/h2-11,13,18-21,24H,12,14H2,1H3/t18-,19+,20+,21-,23-/m1/s1. The Morgan fingerprint density at radius 2 is 2.00 bits per heavy atom. The number of fused-ring (bicyclic) bond motifs is 1. The first-order chi connectivity index (χ1) is 14.9. The van der Waals surface area contributed by atoms with Gasteiger partial charge in [0.05, 0.1) is 24.8 Å². The Morgan fingerprint density at radius 1 is 1.19 bits per heavy atom. The van der Waals surface area contributed by atoms with E-state index in [0.717, 1.165) is 5.56 Å². The number of sulfonamides is 1. The van der Waals surface area contributed by atoms with Crippen LogP contribution in [0, 0.1) is 0 Å². The highest BCUT2D eigenvalue weighted by atomic mass is 32.2. The maximum atomic E-state index is 13.1. The molecule has 5 rings (SSSR count). The first-order valence-corrected chi connectivity index (χ1v) is 11.7. The van der Waals surface area contributed by atoms with Crippen molar-refractivity contribution in [2.75, 3.05) is 7.11 Å². The van der Waals surface area contributed by atoms with E-state index in [1.165, 1.54) is 7.11 Å². The summed E-state index contributed by atoms with van der Waals surface area (Å²) in [4.78, 5) is 13.1. The van der Waals surface area contributed by atoms with Crippen LogP contribution < -0.4 is 9.46 Å². The lowest BCUT2D eigenvalue weighted by atomic mass is 9.83. The van der Waals surface area contributed by atoms with Crippen molar-refractivity contribution in [2.45, 2.75) is 41.9 Å². The third kappa shape index (κ3) is 3.44. The molecule has 1 spiro atoms. The summed E-state index contributed by atoms with van der Waals surface area (Å²) < 4.78 is 46.2. The van der Waals surface area contributed by atoms with Gasteiger partial charge in [0.15, 0.2) is 6.10 Å². The molecule has 5 atom stereocenters. The minimum Gasteiger partial charge on any atom is -0.497 e. The molecule has 2 aromatic carbocycles. The highest BCUT2D eigenvalue weighted by Gasteiger charge is 2.66. The number of hydrogen-bond donors (Lipinski definition) is 1. The lowest BCUT2D eigenvalue weighted by Gasteiger charge is -2.45. The highest BCUT2D eigenvalue weighted by Crippen LogP contribution is 2.48. The maximum Gasteiger partial charge on any atom is 0.338 e. The van der Waals surface area contributed by atoms with Crippen LogP contribution in [-0.2, 0) is 25.9 Å². The normalized spacial score (nSPS) is 32.4. The van der Waals surface area contributed by atoms with Crippen LogP contribution in [0.5, 0.6) is 5.75 Å². The van der Waals surface area contributed by atoms with Crippen LogP contribution in [0.2, 0.25) is 0 Å². The molecule has 3 heterocycles. The molecule has 3 aliphatic rings. The molecule has 0 aliphatic carbocycles. The lowest BCUT2D eigenvalue weighted by molar-refractivity contribution is -0.0867. The van der Waals surface area contributed by atoms with Crippen molar-refractivity contribution in [1.82, 2.24) is 4.72 Å². The maximum absolute atomic E-state index is 13.1. The first-order valence-electron chi connectivity index (χ1n) is 10.2. The van der Waals surface area contributed by atoms with Gasteiger partial charge >= 0.3 is 5.97 Å². The number of methoxy groups -OCH3 is 1. The van der Waals surface area contributed by atoms with Gasteiger partial charge in [-0.3, -0.25) is 0 Å². The molecule has 8 heteroatoms. The summed E-state index contributed by atoms with van der Waals surface area (Å²) in [6.07, 6.45) is 3.23. The van der Waals surface area contributed by atoms with Crippen molar-refractivity contribution in [3.63, 3.8) is 0 Å². The molecule has 162 valence electrons. The summed E-state index contributed by atoms with van der Waals surface area (Å²) in [7, 11) is -2.13. The summed E-state index contributed by atoms with van der Waals surface area (Å²) in [5.74, 6) is -0.0165. The zero-order valence-corrected chi connectivity index (χ0v) is 17.7. The Bertz CT molecular complexity index is 1130. The minimum absolute atomic E-state index is 0.296. The fourth-order valence-electron chi connectivity index (χ4n) is 4.81. The van der Waals surface area contributed by atoms with Crippen LogP contribution in [0.25, 0.3) is 0 Å². The predicted octanol–water partition coefficient (Wildman–Crippen LogP) is 2.23. The van der Waals surface area contributed by atoms with Gasteiger partial charge in [-0.2, -0.15) is 0 Å². The van der Waals surface area contributed by atoms with Gasteiger partial charge in [0, 0.05) is 0 Å². The van der Waals surface area contributed by atoms with Crippen molar-refractivity contribution >= 4 is 16.0 Å². The van der Waals surface area contributed by atoms with E-state index >= 15 is 0 Å². The summed E-state index contributed by atoms with van der Waals surface area (Å²) in [6.45, 7) is 0. The number of nitrogens with one attached hydrogen (secondary N) is 1. The molecule has 2 fully saturated rings. The number of hydrogen-bond acceptors (Lipinski definition) is 6. The van der Waals surface area contributed by atoms with Crippen molar-refractivity contribution in [3.05, 3.63) is 77.9 Å². The van der Waals surface area contributed by atoms with Crippen LogP contribution in [-0.4, -0.2) is 50.6 Å². The fourth-order valence-corrected chi connectivity index (χ4v) is 6.80. The van der Waals surface area contributed by atoms with Crippen LogP contribution >= 0.6 is 0 Å². The van der Waals surface area contributed by atoms with Crippen LogP contribution in [0.15, 0.2) is 66.7 Å². The zero-order valence-electron chi connectivity index (χ0n) is 16.9. The highest BCUT2D eigenvalue weighted by molar-refractivity contribution is 7.90. The molecular weight excluding hydrogens is 418 g/mol. The van der Waals surface area contributed by atoms with Crippen molar-refractivity contribution < 1.29 is 27.4 Å². The molecule has 7 nitrogen and oxygen atoms in total. The third-order valence-electron chi connectivity index (χ3n) is 6.21. The van der Waals surface area contributed by atoms with Gasteiger partial charge in [0.25, 0.3) is 0 Å². The van der Waals surface area contributed by atoms with E-state index in [9.17, 15) is 13.2 Å². The van der Waals surface area contributed by atoms with Gasteiger partial charge in [-0.15, -0.1) is 0 Å². The smallest absolute Gasteiger partial charge is 0.338 e. The summed E-state index contributed by atoms with van der Waals surface area (Å²) in [6, 6.07) is 15.5. The van der Waals surface area contributed by atoms with E-state index < -0.39 is 39.0 Å². The Labute approximate surface area is 181 Å². The number of ether oxygens (including phenoxy) is 3. The predicted molar refractivity (Wildman–Crippen MR) is 113 cm³/mol. The summed E-state index contributed by atoms with van der Waals surface area (Å²) in [5.41, 5.74) is 0.0719. The van der Waals surface area contributed by atoms with Gasteiger partial charge in [-0.25, -0.2) is 17.9 Å². The van der Waals surface area contributed by atoms with E-state index in [0.29, 0.717) is 24.2 Å². The Hall–Kier alpha value is -2.68. The second-order valence-corrected chi connectivity index (χ2v) is 10.0. The van der Waals surface area contributed by atoms with Gasteiger partial charge in [0.1, 0.15) is 16.6 Å². The van der Waals surface area contributed by atoms with Gasteiger partial charge < -0.3 is 14.2 Å². The SMILES string of the molecule is COc1cccc(C(=O)O[C@@H]2[C@H](Cc3ccccc3)NS(=O)(=O)[C@H]3C[C@H]4C=C[C@]23O4)c1. The van der Waals surface area contributed by atoms with E-state index in [1.54, 1.807) is 30.3 Å². The van der Waals surface area contributed by atoms with E-state index in [-0.39, 0.29) is 6.10 Å². The van der Waals surface area contributed by atoms with Crippen LogP contribution in [0.1, 0.15) is 22.3 Å². The Kier molecular flexibility index (Phi) is 4.88. The number of benzene rings is 2. The molecule has 31 heavy (non-hydrogen) atoms.